The third-order valence-corrected chi connectivity index (χ3v) is 3.36. The van der Waals surface area contributed by atoms with Crippen LogP contribution in [0.2, 0.25) is 0 Å². The summed E-state index contributed by atoms with van der Waals surface area (Å²) in [6.45, 7) is 6.24. The quantitative estimate of drug-likeness (QED) is 0.519. The third kappa shape index (κ3) is 9.57. The van der Waals surface area contributed by atoms with Gasteiger partial charge in [-0.3, -0.25) is 0 Å². The summed E-state index contributed by atoms with van der Waals surface area (Å²) in [4.78, 5) is 0. The van der Waals surface area contributed by atoms with Crippen LogP contribution in [0.15, 0.2) is 0 Å². The topological polar surface area (TPSA) is 41.5 Å². The molecule has 0 aromatic rings. The number of hydrogen-bond acceptors (Lipinski definition) is 3. The Morgan fingerprint density at radius 2 is 1.71 bits per heavy atom. The fourth-order valence-corrected chi connectivity index (χ4v) is 1.74. The minimum Gasteiger partial charge on any atom is -0.394 e. The number of aliphatic hydroxyl groups excluding tert-OH is 1. The molecule has 0 aliphatic heterocycles. The molecule has 0 rings (SSSR count). The lowest BCUT2D eigenvalue weighted by molar-refractivity contribution is 0.119. The van der Waals surface area contributed by atoms with E-state index in [2.05, 4.69) is 19.2 Å². The Labute approximate surface area is 107 Å². The van der Waals surface area contributed by atoms with Crippen molar-refractivity contribution in [1.82, 2.24) is 5.32 Å². The number of nitrogens with one attached hydrogen (secondary N) is 1. The molecule has 0 radical (unpaired) electrons. The molecule has 1 atom stereocenters. The fraction of sp³-hybridized carbons (Fsp3) is 1.00. The Morgan fingerprint density at radius 3 is 2.24 bits per heavy atom. The average Bonchev–Trinajstić information content (AvgIpc) is 2.36. The molecule has 0 saturated carbocycles. The van der Waals surface area contributed by atoms with Gasteiger partial charge >= 0.3 is 0 Å². The van der Waals surface area contributed by atoms with E-state index in [1.807, 2.05) is 7.05 Å². The lowest BCUT2D eigenvalue weighted by atomic mass is 9.96. The van der Waals surface area contributed by atoms with Crippen molar-refractivity contribution in [2.24, 2.45) is 0 Å². The van der Waals surface area contributed by atoms with Gasteiger partial charge in [-0.15, -0.1) is 0 Å². The van der Waals surface area contributed by atoms with Crippen molar-refractivity contribution >= 4 is 0 Å². The van der Waals surface area contributed by atoms with Crippen LogP contribution in [0.4, 0.5) is 0 Å². The summed E-state index contributed by atoms with van der Waals surface area (Å²) in [6, 6.07) is 0. The van der Waals surface area contributed by atoms with Crippen LogP contribution in [-0.2, 0) is 4.74 Å². The molecule has 0 heterocycles. The Bertz CT molecular complexity index is 158. The van der Waals surface area contributed by atoms with Crippen LogP contribution in [0.1, 0.15) is 58.8 Å². The number of unbranched alkanes of at least 4 members (excludes halogenated alkanes) is 4. The molecule has 0 fully saturated rings. The molecule has 0 aliphatic carbocycles. The van der Waals surface area contributed by atoms with Crippen molar-refractivity contribution in [2.45, 2.75) is 64.3 Å². The molecule has 0 aliphatic rings. The van der Waals surface area contributed by atoms with Gasteiger partial charge in [0.2, 0.25) is 0 Å². The van der Waals surface area contributed by atoms with Crippen molar-refractivity contribution in [3.63, 3.8) is 0 Å². The average molecular weight is 245 g/mol. The second kappa shape index (κ2) is 11.0. The molecule has 17 heavy (non-hydrogen) atoms. The van der Waals surface area contributed by atoms with Crippen molar-refractivity contribution in [1.29, 1.82) is 0 Å². The molecule has 0 amide bonds. The third-order valence-electron chi connectivity index (χ3n) is 3.36. The number of rotatable bonds is 12. The highest BCUT2D eigenvalue weighted by atomic mass is 16.5. The predicted octanol–water partition coefficient (Wildman–Crippen LogP) is 2.72. The van der Waals surface area contributed by atoms with Crippen LogP contribution >= 0.6 is 0 Å². The zero-order chi connectivity index (χ0) is 13.0. The first-order valence-corrected chi connectivity index (χ1v) is 7.06. The number of likely N-dealkylation sites (N-methyl/N-ethyl adjacent to an activating group) is 1. The first-order valence-electron chi connectivity index (χ1n) is 7.06. The molecule has 3 nitrogen and oxygen atoms in total. The van der Waals surface area contributed by atoms with Gasteiger partial charge in [0, 0.05) is 18.8 Å². The van der Waals surface area contributed by atoms with Gasteiger partial charge in [0.1, 0.15) is 0 Å². The van der Waals surface area contributed by atoms with Crippen LogP contribution in [0.25, 0.3) is 0 Å². The molecular formula is C14H31NO2. The molecule has 0 spiro atoms. The second-order valence-electron chi connectivity index (χ2n) is 5.10. The van der Waals surface area contributed by atoms with Crippen molar-refractivity contribution in [3.05, 3.63) is 0 Å². The SMILES string of the molecule is CCCCCCOCCCCC(C)(CO)NC. The highest BCUT2D eigenvalue weighted by molar-refractivity contribution is 4.79. The monoisotopic (exact) mass is 245 g/mol. The summed E-state index contributed by atoms with van der Waals surface area (Å²) in [6.07, 6.45) is 8.28. The van der Waals surface area contributed by atoms with Gasteiger partial charge in [0.05, 0.1) is 6.61 Å². The van der Waals surface area contributed by atoms with Gasteiger partial charge < -0.3 is 15.2 Å². The molecule has 0 aromatic carbocycles. The highest BCUT2D eigenvalue weighted by Gasteiger charge is 2.19. The normalized spacial score (nSPS) is 14.8. The van der Waals surface area contributed by atoms with E-state index in [-0.39, 0.29) is 12.1 Å². The standard InChI is InChI=1S/C14H31NO2/c1-4-5-6-8-11-17-12-9-7-10-14(2,13-16)15-3/h15-16H,4-13H2,1-3H3. The van der Waals surface area contributed by atoms with E-state index < -0.39 is 0 Å². The van der Waals surface area contributed by atoms with Crippen LogP contribution in [0.3, 0.4) is 0 Å². The maximum atomic E-state index is 9.21. The number of hydrogen-bond donors (Lipinski definition) is 2. The molecular weight excluding hydrogens is 214 g/mol. The van der Waals surface area contributed by atoms with E-state index >= 15 is 0 Å². The van der Waals surface area contributed by atoms with Crippen molar-refractivity contribution in [2.75, 3.05) is 26.9 Å². The molecule has 0 aromatic heterocycles. The number of ether oxygens (including phenoxy) is 1. The summed E-state index contributed by atoms with van der Waals surface area (Å²) < 4.78 is 5.58. The van der Waals surface area contributed by atoms with Crippen molar-refractivity contribution < 1.29 is 9.84 Å². The van der Waals surface area contributed by atoms with E-state index in [0.29, 0.717) is 0 Å². The highest BCUT2D eigenvalue weighted by Crippen LogP contribution is 2.12. The smallest absolute Gasteiger partial charge is 0.0610 e. The minimum absolute atomic E-state index is 0.124. The second-order valence-corrected chi connectivity index (χ2v) is 5.10. The van der Waals surface area contributed by atoms with E-state index in [1.54, 1.807) is 0 Å². The summed E-state index contributed by atoms with van der Waals surface area (Å²) in [7, 11) is 1.90. The van der Waals surface area contributed by atoms with Crippen LogP contribution in [0, 0.1) is 0 Å². The van der Waals surface area contributed by atoms with E-state index in [1.165, 1.54) is 25.7 Å². The lowest BCUT2D eigenvalue weighted by Gasteiger charge is -2.26. The van der Waals surface area contributed by atoms with Gasteiger partial charge in [-0.05, 0) is 39.7 Å². The Hall–Kier alpha value is -0.120. The Morgan fingerprint density at radius 1 is 1.06 bits per heavy atom. The zero-order valence-corrected chi connectivity index (χ0v) is 11.9. The van der Waals surface area contributed by atoms with Gasteiger partial charge in [0.15, 0.2) is 0 Å². The van der Waals surface area contributed by atoms with E-state index in [0.717, 1.165) is 32.5 Å². The molecule has 0 bridgehead atoms. The first-order chi connectivity index (χ1) is 8.18. The zero-order valence-electron chi connectivity index (χ0n) is 11.9. The van der Waals surface area contributed by atoms with Gasteiger partial charge in [-0.25, -0.2) is 0 Å². The summed E-state index contributed by atoms with van der Waals surface area (Å²) in [5.41, 5.74) is -0.124. The van der Waals surface area contributed by atoms with E-state index in [4.69, 9.17) is 4.74 Å². The molecule has 3 heteroatoms. The molecule has 104 valence electrons. The summed E-state index contributed by atoms with van der Waals surface area (Å²) >= 11 is 0. The van der Waals surface area contributed by atoms with Gasteiger partial charge in [0.25, 0.3) is 0 Å². The molecule has 0 saturated heterocycles. The Balaban J connectivity index is 3.23. The largest absolute Gasteiger partial charge is 0.394 e. The number of aliphatic hydroxyl groups is 1. The maximum absolute atomic E-state index is 9.21. The lowest BCUT2D eigenvalue weighted by Crippen LogP contribution is -2.43. The van der Waals surface area contributed by atoms with Crippen LogP contribution in [0.5, 0.6) is 0 Å². The van der Waals surface area contributed by atoms with Crippen LogP contribution in [-0.4, -0.2) is 37.5 Å². The van der Waals surface area contributed by atoms with E-state index in [9.17, 15) is 5.11 Å². The fourth-order valence-electron chi connectivity index (χ4n) is 1.74. The van der Waals surface area contributed by atoms with Crippen LogP contribution < -0.4 is 5.32 Å². The minimum atomic E-state index is -0.124. The van der Waals surface area contributed by atoms with Gasteiger partial charge in [-0.2, -0.15) is 0 Å². The summed E-state index contributed by atoms with van der Waals surface area (Å²) in [5.74, 6) is 0. The molecule has 1 unspecified atom stereocenters. The molecule has 2 N–H and O–H groups in total. The maximum Gasteiger partial charge on any atom is 0.0610 e. The Kier molecular flexibility index (Phi) is 10.9. The summed E-state index contributed by atoms with van der Waals surface area (Å²) in [5, 5.41) is 12.4. The predicted molar refractivity (Wildman–Crippen MR) is 73.4 cm³/mol. The first kappa shape index (κ1) is 16.9. The van der Waals surface area contributed by atoms with Crippen molar-refractivity contribution in [3.8, 4) is 0 Å². The van der Waals surface area contributed by atoms with Gasteiger partial charge in [-0.1, -0.05) is 26.2 Å².